The fourth-order valence-electron chi connectivity index (χ4n) is 1.90. The number of benzene rings is 1. The van der Waals surface area contributed by atoms with Crippen molar-refractivity contribution in [1.29, 1.82) is 0 Å². The smallest absolute Gasteiger partial charge is 0.159 e. The molecule has 0 N–H and O–H groups in total. The molecule has 1 aromatic rings. The SMILES string of the molecule is CCCCC(CC)CSc1ccc(C(C)=O)cc1. The zero-order valence-electron chi connectivity index (χ0n) is 11.7. The van der Waals surface area contributed by atoms with Gasteiger partial charge in [0.2, 0.25) is 0 Å². The van der Waals surface area contributed by atoms with Gasteiger partial charge in [-0.1, -0.05) is 45.2 Å². The summed E-state index contributed by atoms with van der Waals surface area (Å²) in [4.78, 5) is 12.5. The van der Waals surface area contributed by atoms with Gasteiger partial charge in [-0.05, 0) is 31.4 Å². The van der Waals surface area contributed by atoms with E-state index in [2.05, 4.69) is 26.0 Å². The van der Waals surface area contributed by atoms with Crippen LogP contribution in [-0.2, 0) is 0 Å². The molecule has 1 atom stereocenters. The number of rotatable bonds is 8. The van der Waals surface area contributed by atoms with Gasteiger partial charge in [-0.25, -0.2) is 0 Å². The fourth-order valence-corrected chi connectivity index (χ4v) is 3.06. The van der Waals surface area contributed by atoms with Gasteiger partial charge in [-0.3, -0.25) is 4.79 Å². The third-order valence-corrected chi connectivity index (χ3v) is 4.53. The minimum Gasteiger partial charge on any atom is -0.295 e. The van der Waals surface area contributed by atoms with E-state index in [4.69, 9.17) is 0 Å². The van der Waals surface area contributed by atoms with Crippen molar-refractivity contribution in [3.8, 4) is 0 Å². The Labute approximate surface area is 115 Å². The molecule has 0 aliphatic rings. The third kappa shape index (κ3) is 5.26. The van der Waals surface area contributed by atoms with Crippen molar-refractivity contribution < 1.29 is 4.79 Å². The average Bonchev–Trinajstić information content (AvgIpc) is 2.39. The molecule has 0 aliphatic carbocycles. The van der Waals surface area contributed by atoms with Crippen molar-refractivity contribution in [2.75, 3.05) is 5.75 Å². The Morgan fingerprint density at radius 3 is 2.39 bits per heavy atom. The molecular formula is C16H24OS. The molecule has 0 aromatic heterocycles. The highest BCUT2D eigenvalue weighted by Crippen LogP contribution is 2.25. The largest absolute Gasteiger partial charge is 0.295 e. The van der Waals surface area contributed by atoms with Gasteiger partial charge in [0.05, 0.1) is 0 Å². The van der Waals surface area contributed by atoms with Gasteiger partial charge in [-0.2, -0.15) is 0 Å². The molecule has 1 nitrogen and oxygen atoms in total. The van der Waals surface area contributed by atoms with E-state index in [9.17, 15) is 4.79 Å². The number of carbonyl (C=O) groups is 1. The van der Waals surface area contributed by atoms with Crippen molar-refractivity contribution >= 4 is 17.5 Å². The van der Waals surface area contributed by atoms with Crippen LogP contribution in [0.4, 0.5) is 0 Å². The number of Topliss-reactive ketones (excluding diaryl/α,β-unsaturated/α-hetero) is 1. The highest BCUT2D eigenvalue weighted by atomic mass is 32.2. The van der Waals surface area contributed by atoms with Crippen molar-refractivity contribution in [2.45, 2.75) is 51.3 Å². The Morgan fingerprint density at radius 2 is 1.89 bits per heavy atom. The summed E-state index contributed by atoms with van der Waals surface area (Å²) < 4.78 is 0. The third-order valence-electron chi connectivity index (χ3n) is 3.29. The van der Waals surface area contributed by atoms with Gasteiger partial charge in [0, 0.05) is 16.2 Å². The maximum absolute atomic E-state index is 11.2. The zero-order chi connectivity index (χ0) is 13.4. The summed E-state index contributed by atoms with van der Waals surface area (Å²) in [5.41, 5.74) is 0.803. The fraction of sp³-hybridized carbons (Fsp3) is 0.562. The molecule has 18 heavy (non-hydrogen) atoms. The first-order chi connectivity index (χ1) is 8.67. The second-order valence-electron chi connectivity index (χ2n) is 4.81. The van der Waals surface area contributed by atoms with Crippen molar-refractivity contribution in [3.63, 3.8) is 0 Å². The molecule has 2 heteroatoms. The Bertz CT molecular complexity index is 356. The van der Waals surface area contributed by atoms with E-state index in [-0.39, 0.29) is 5.78 Å². The Morgan fingerprint density at radius 1 is 1.22 bits per heavy atom. The highest BCUT2D eigenvalue weighted by Gasteiger charge is 2.07. The lowest BCUT2D eigenvalue weighted by Crippen LogP contribution is -2.02. The van der Waals surface area contributed by atoms with Crippen LogP contribution in [-0.4, -0.2) is 11.5 Å². The predicted octanol–water partition coefficient (Wildman–Crippen LogP) is 5.20. The molecule has 0 radical (unpaired) electrons. The van der Waals surface area contributed by atoms with Gasteiger partial charge >= 0.3 is 0 Å². The van der Waals surface area contributed by atoms with Crippen LogP contribution >= 0.6 is 11.8 Å². The molecule has 0 bridgehead atoms. The van der Waals surface area contributed by atoms with Crippen LogP contribution in [0.3, 0.4) is 0 Å². The van der Waals surface area contributed by atoms with Crippen molar-refractivity contribution in [1.82, 2.24) is 0 Å². The molecule has 100 valence electrons. The van der Waals surface area contributed by atoms with E-state index in [1.54, 1.807) is 6.92 Å². The summed E-state index contributed by atoms with van der Waals surface area (Å²) in [5, 5.41) is 0. The van der Waals surface area contributed by atoms with Crippen LogP contribution < -0.4 is 0 Å². The molecule has 0 aliphatic heterocycles. The quantitative estimate of drug-likeness (QED) is 0.474. The molecule has 0 saturated heterocycles. The van der Waals surface area contributed by atoms with Crippen LogP contribution in [0.15, 0.2) is 29.2 Å². The molecule has 0 heterocycles. The Hall–Kier alpha value is -0.760. The standard InChI is InChI=1S/C16H24OS/c1-4-6-7-14(5-2)12-18-16-10-8-15(9-11-16)13(3)17/h8-11,14H,4-7,12H2,1-3H3. The van der Waals surface area contributed by atoms with Gasteiger partial charge in [0.15, 0.2) is 5.78 Å². The number of ketones is 1. The van der Waals surface area contributed by atoms with Crippen LogP contribution in [0.25, 0.3) is 0 Å². The monoisotopic (exact) mass is 264 g/mol. The topological polar surface area (TPSA) is 17.1 Å². The van der Waals surface area contributed by atoms with Gasteiger partial charge in [0.1, 0.15) is 0 Å². The van der Waals surface area contributed by atoms with Gasteiger partial charge < -0.3 is 0 Å². The highest BCUT2D eigenvalue weighted by molar-refractivity contribution is 7.99. The predicted molar refractivity (Wildman–Crippen MR) is 80.5 cm³/mol. The second kappa shape index (κ2) is 8.36. The maximum Gasteiger partial charge on any atom is 0.159 e. The molecule has 0 fully saturated rings. The minimum absolute atomic E-state index is 0.140. The first-order valence-electron chi connectivity index (χ1n) is 6.91. The number of carbonyl (C=O) groups excluding carboxylic acids is 1. The summed E-state index contributed by atoms with van der Waals surface area (Å²) in [5.74, 6) is 2.15. The normalized spacial score (nSPS) is 12.4. The van der Waals surface area contributed by atoms with E-state index in [1.807, 2.05) is 23.9 Å². The molecule has 1 unspecified atom stereocenters. The minimum atomic E-state index is 0.140. The Balaban J connectivity index is 2.44. The summed E-state index contributed by atoms with van der Waals surface area (Å²) in [6.45, 7) is 6.14. The molecule has 1 rings (SSSR count). The van der Waals surface area contributed by atoms with Crippen LogP contribution in [0.1, 0.15) is 56.8 Å². The maximum atomic E-state index is 11.2. The van der Waals surface area contributed by atoms with E-state index >= 15 is 0 Å². The average molecular weight is 264 g/mol. The molecular weight excluding hydrogens is 240 g/mol. The lowest BCUT2D eigenvalue weighted by molar-refractivity contribution is 0.101. The molecule has 0 spiro atoms. The van der Waals surface area contributed by atoms with Crippen LogP contribution in [0.2, 0.25) is 0 Å². The summed E-state index contributed by atoms with van der Waals surface area (Å²) in [6.07, 6.45) is 5.22. The number of hydrogen-bond donors (Lipinski definition) is 0. The summed E-state index contributed by atoms with van der Waals surface area (Å²) in [6, 6.07) is 7.98. The number of hydrogen-bond acceptors (Lipinski definition) is 2. The van der Waals surface area contributed by atoms with E-state index in [1.165, 1.54) is 36.3 Å². The lowest BCUT2D eigenvalue weighted by Gasteiger charge is -2.13. The van der Waals surface area contributed by atoms with Crippen molar-refractivity contribution in [2.24, 2.45) is 5.92 Å². The van der Waals surface area contributed by atoms with Crippen LogP contribution in [0, 0.1) is 5.92 Å². The molecule has 1 aromatic carbocycles. The number of thioether (sulfide) groups is 1. The van der Waals surface area contributed by atoms with E-state index in [0.29, 0.717) is 0 Å². The number of unbranched alkanes of at least 4 members (excludes halogenated alkanes) is 1. The summed E-state index contributed by atoms with van der Waals surface area (Å²) >= 11 is 1.91. The van der Waals surface area contributed by atoms with E-state index < -0.39 is 0 Å². The zero-order valence-corrected chi connectivity index (χ0v) is 12.6. The molecule has 0 amide bonds. The van der Waals surface area contributed by atoms with Crippen molar-refractivity contribution in [3.05, 3.63) is 29.8 Å². The van der Waals surface area contributed by atoms with E-state index in [0.717, 1.165) is 11.5 Å². The Kier molecular flexibility index (Phi) is 7.11. The second-order valence-corrected chi connectivity index (χ2v) is 5.90. The van der Waals surface area contributed by atoms with Gasteiger partial charge in [0.25, 0.3) is 0 Å². The van der Waals surface area contributed by atoms with Crippen LogP contribution in [0.5, 0.6) is 0 Å². The summed E-state index contributed by atoms with van der Waals surface area (Å²) in [7, 11) is 0. The lowest BCUT2D eigenvalue weighted by atomic mass is 10.0. The first kappa shape index (κ1) is 15.3. The molecule has 0 saturated carbocycles. The van der Waals surface area contributed by atoms with Gasteiger partial charge in [-0.15, -0.1) is 11.8 Å². The first-order valence-corrected chi connectivity index (χ1v) is 7.89.